The van der Waals surface area contributed by atoms with E-state index in [0.29, 0.717) is 32.5 Å². The summed E-state index contributed by atoms with van der Waals surface area (Å²) >= 11 is 0. The number of ether oxygens (including phenoxy) is 1. The Bertz CT molecular complexity index is 284. The molecule has 0 unspecified atom stereocenters. The third kappa shape index (κ3) is 4.56. The Morgan fingerprint density at radius 1 is 1.59 bits per heavy atom. The van der Waals surface area contributed by atoms with Gasteiger partial charge in [0.15, 0.2) is 0 Å². The van der Waals surface area contributed by atoms with Gasteiger partial charge in [-0.25, -0.2) is 4.79 Å². The van der Waals surface area contributed by atoms with Gasteiger partial charge in [0.25, 0.3) is 0 Å². The van der Waals surface area contributed by atoms with Gasteiger partial charge in [0, 0.05) is 6.61 Å². The number of hydrogen-bond acceptors (Lipinski definition) is 3. The lowest BCUT2D eigenvalue weighted by atomic mass is 10.1. The number of amides is 1. The molecule has 17 heavy (non-hydrogen) atoms. The fourth-order valence-corrected chi connectivity index (χ4v) is 1.75. The number of aliphatic carboxylic acids is 1. The Kier molecular flexibility index (Phi) is 5.69. The zero-order valence-electron chi connectivity index (χ0n) is 9.85. The molecule has 1 rings (SSSR count). The SMILES string of the molecule is C=CCCC[C@@H](NC(=O)[C@H]1CCOC1)C(=O)O. The molecule has 0 radical (unpaired) electrons. The number of allylic oxidation sites excluding steroid dienone is 1. The molecule has 0 aromatic carbocycles. The molecule has 1 heterocycles. The molecule has 2 N–H and O–H groups in total. The molecular weight excluding hydrogens is 222 g/mol. The van der Waals surface area contributed by atoms with Crippen molar-refractivity contribution in [3.63, 3.8) is 0 Å². The molecule has 5 heteroatoms. The van der Waals surface area contributed by atoms with Gasteiger partial charge in [0.2, 0.25) is 5.91 Å². The number of hydrogen-bond donors (Lipinski definition) is 2. The minimum Gasteiger partial charge on any atom is -0.480 e. The van der Waals surface area contributed by atoms with Crippen molar-refractivity contribution in [2.45, 2.75) is 31.7 Å². The van der Waals surface area contributed by atoms with Crippen LogP contribution in [-0.2, 0) is 14.3 Å². The van der Waals surface area contributed by atoms with Crippen LogP contribution in [0.15, 0.2) is 12.7 Å². The maximum Gasteiger partial charge on any atom is 0.326 e. The van der Waals surface area contributed by atoms with Crippen LogP contribution in [0.4, 0.5) is 0 Å². The monoisotopic (exact) mass is 241 g/mol. The fourth-order valence-electron chi connectivity index (χ4n) is 1.75. The molecule has 96 valence electrons. The molecule has 0 aliphatic carbocycles. The Hall–Kier alpha value is -1.36. The lowest BCUT2D eigenvalue weighted by molar-refractivity contribution is -0.142. The minimum atomic E-state index is -0.985. The second kappa shape index (κ2) is 7.06. The molecule has 1 fully saturated rings. The fraction of sp³-hybridized carbons (Fsp3) is 0.667. The van der Waals surface area contributed by atoms with Gasteiger partial charge in [-0.1, -0.05) is 6.08 Å². The summed E-state index contributed by atoms with van der Waals surface area (Å²) in [6, 6.07) is -0.803. The van der Waals surface area contributed by atoms with E-state index in [1.165, 1.54) is 0 Å². The van der Waals surface area contributed by atoms with E-state index in [9.17, 15) is 9.59 Å². The quantitative estimate of drug-likeness (QED) is 0.514. The molecule has 0 bridgehead atoms. The third-order valence-electron chi connectivity index (χ3n) is 2.82. The molecule has 1 aliphatic rings. The van der Waals surface area contributed by atoms with E-state index >= 15 is 0 Å². The first-order chi connectivity index (χ1) is 8.15. The zero-order valence-corrected chi connectivity index (χ0v) is 9.85. The van der Waals surface area contributed by atoms with Crippen LogP contribution in [0, 0.1) is 5.92 Å². The van der Waals surface area contributed by atoms with Gasteiger partial charge >= 0.3 is 5.97 Å². The first kappa shape index (κ1) is 13.7. The van der Waals surface area contributed by atoms with E-state index < -0.39 is 12.0 Å². The van der Waals surface area contributed by atoms with Gasteiger partial charge in [-0.05, 0) is 25.7 Å². The lowest BCUT2D eigenvalue weighted by Crippen LogP contribution is -2.43. The van der Waals surface area contributed by atoms with Gasteiger partial charge < -0.3 is 15.2 Å². The van der Waals surface area contributed by atoms with Crippen molar-refractivity contribution in [1.29, 1.82) is 0 Å². The maximum atomic E-state index is 11.7. The topological polar surface area (TPSA) is 75.6 Å². The summed E-state index contributed by atoms with van der Waals surface area (Å²) in [5.74, 6) is -1.40. The summed E-state index contributed by atoms with van der Waals surface area (Å²) in [4.78, 5) is 22.7. The van der Waals surface area contributed by atoms with Crippen LogP contribution in [-0.4, -0.2) is 36.2 Å². The highest BCUT2D eigenvalue weighted by Gasteiger charge is 2.27. The number of carboxylic acid groups (broad SMARTS) is 1. The summed E-state index contributed by atoms with van der Waals surface area (Å²) in [5.41, 5.74) is 0. The second-order valence-electron chi connectivity index (χ2n) is 4.18. The Morgan fingerprint density at radius 3 is 2.88 bits per heavy atom. The van der Waals surface area contributed by atoms with Gasteiger partial charge in [0.1, 0.15) is 6.04 Å². The highest BCUT2D eigenvalue weighted by Crippen LogP contribution is 2.13. The van der Waals surface area contributed by atoms with E-state index in [4.69, 9.17) is 9.84 Å². The van der Waals surface area contributed by atoms with E-state index in [0.717, 1.165) is 6.42 Å². The number of carboxylic acids is 1. The predicted molar refractivity (Wildman–Crippen MR) is 62.5 cm³/mol. The van der Waals surface area contributed by atoms with Crippen molar-refractivity contribution in [3.05, 3.63) is 12.7 Å². The first-order valence-corrected chi connectivity index (χ1v) is 5.87. The highest BCUT2D eigenvalue weighted by atomic mass is 16.5. The summed E-state index contributed by atoms with van der Waals surface area (Å²) in [5, 5.41) is 11.6. The smallest absolute Gasteiger partial charge is 0.326 e. The Labute approximate surface area is 101 Å². The van der Waals surface area contributed by atoms with Crippen LogP contribution in [0.5, 0.6) is 0 Å². The molecule has 0 aromatic heterocycles. The van der Waals surface area contributed by atoms with Gasteiger partial charge in [0.05, 0.1) is 12.5 Å². The van der Waals surface area contributed by atoms with Crippen LogP contribution >= 0.6 is 0 Å². The van der Waals surface area contributed by atoms with E-state index in [2.05, 4.69) is 11.9 Å². The molecule has 0 aromatic rings. The summed E-state index contributed by atoms with van der Waals surface area (Å²) < 4.78 is 5.10. The first-order valence-electron chi connectivity index (χ1n) is 5.87. The molecule has 0 saturated carbocycles. The van der Waals surface area contributed by atoms with Crippen molar-refractivity contribution < 1.29 is 19.4 Å². The molecular formula is C12H19NO4. The number of carbonyl (C=O) groups excluding carboxylic acids is 1. The minimum absolute atomic E-state index is 0.198. The molecule has 2 atom stereocenters. The normalized spacial score (nSPS) is 20.8. The summed E-state index contributed by atoms with van der Waals surface area (Å²) in [6.45, 7) is 4.54. The van der Waals surface area contributed by atoms with Crippen molar-refractivity contribution in [2.24, 2.45) is 5.92 Å². The van der Waals surface area contributed by atoms with Crippen molar-refractivity contribution in [2.75, 3.05) is 13.2 Å². The van der Waals surface area contributed by atoms with Crippen molar-refractivity contribution in [3.8, 4) is 0 Å². The highest BCUT2D eigenvalue weighted by molar-refractivity contribution is 5.85. The molecule has 0 spiro atoms. The Balaban J connectivity index is 2.39. The molecule has 1 saturated heterocycles. The largest absolute Gasteiger partial charge is 0.480 e. The molecule has 1 amide bonds. The molecule has 5 nitrogen and oxygen atoms in total. The summed E-state index contributed by atoms with van der Waals surface area (Å²) in [6.07, 6.45) is 4.31. The van der Waals surface area contributed by atoms with E-state index in [-0.39, 0.29) is 11.8 Å². The van der Waals surface area contributed by atoms with Crippen molar-refractivity contribution >= 4 is 11.9 Å². The van der Waals surface area contributed by atoms with Crippen LogP contribution in [0.1, 0.15) is 25.7 Å². The number of unbranched alkanes of at least 4 members (excludes halogenated alkanes) is 1. The summed E-state index contributed by atoms with van der Waals surface area (Å²) in [7, 11) is 0. The van der Waals surface area contributed by atoms with E-state index in [1.54, 1.807) is 6.08 Å². The van der Waals surface area contributed by atoms with E-state index in [1.807, 2.05) is 0 Å². The number of rotatable bonds is 7. The lowest BCUT2D eigenvalue weighted by Gasteiger charge is -2.16. The van der Waals surface area contributed by atoms with Crippen LogP contribution in [0.25, 0.3) is 0 Å². The maximum absolute atomic E-state index is 11.7. The zero-order chi connectivity index (χ0) is 12.7. The predicted octanol–water partition coefficient (Wildman–Crippen LogP) is 0.949. The van der Waals surface area contributed by atoms with Crippen molar-refractivity contribution in [1.82, 2.24) is 5.32 Å². The van der Waals surface area contributed by atoms with Gasteiger partial charge in [-0.3, -0.25) is 4.79 Å². The Morgan fingerprint density at radius 2 is 2.35 bits per heavy atom. The average molecular weight is 241 g/mol. The van der Waals surface area contributed by atoms with Gasteiger partial charge in [-0.2, -0.15) is 0 Å². The standard InChI is InChI=1S/C12H19NO4/c1-2-3-4-5-10(12(15)16)13-11(14)9-6-7-17-8-9/h2,9-10H,1,3-8H2,(H,13,14)(H,15,16)/t9-,10+/m0/s1. The van der Waals surface area contributed by atoms with Gasteiger partial charge in [-0.15, -0.1) is 6.58 Å². The average Bonchev–Trinajstić information content (AvgIpc) is 2.81. The van der Waals surface area contributed by atoms with Crippen LogP contribution in [0.2, 0.25) is 0 Å². The number of carbonyl (C=O) groups is 2. The number of nitrogens with one attached hydrogen (secondary N) is 1. The second-order valence-corrected chi connectivity index (χ2v) is 4.18. The van der Waals surface area contributed by atoms with Crippen LogP contribution < -0.4 is 5.32 Å². The molecule has 1 aliphatic heterocycles. The van der Waals surface area contributed by atoms with Crippen LogP contribution in [0.3, 0.4) is 0 Å². The third-order valence-corrected chi connectivity index (χ3v) is 2.82.